The molecule has 0 bridgehead atoms. The average molecular weight is 373 g/mol. The molecule has 0 fully saturated rings. The number of hydrogen-bond acceptors (Lipinski definition) is 6. The number of aromatic nitrogens is 1. The zero-order chi connectivity index (χ0) is 19.3. The van der Waals surface area contributed by atoms with Gasteiger partial charge >= 0.3 is 12.3 Å². The fourth-order valence-corrected chi connectivity index (χ4v) is 1.83. The molecule has 1 heterocycles. The summed E-state index contributed by atoms with van der Waals surface area (Å²) in [5.74, 6) is -1.46. The second-order valence-corrected chi connectivity index (χ2v) is 5.12. The van der Waals surface area contributed by atoms with Crippen molar-refractivity contribution in [1.82, 2.24) is 9.88 Å². The standard InChI is InChI=1S/C15H14F3N3O5/c1-21(6-12-19-11(7-26-12)14(23)24)13(22)8-25-10-4-2-9(3-5-10)20-15(16,17)18/h2-5,7,20H,6,8H2,1H3,(H,23,24). The molecule has 0 spiro atoms. The first kappa shape index (κ1) is 19.1. The lowest BCUT2D eigenvalue weighted by Crippen LogP contribution is -2.31. The van der Waals surface area contributed by atoms with Crippen molar-refractivity contribution in [1.29, 1.82) is 0 Å². The quantitative estimate of drug-likeness (QED) is 0.718. The van der Waals surface area contributed by atoms with Gasteiger partial charge in [0.25, 0.3) is 5.91 Å². The number of oxazole rings is 1. The van der Waals surface area contributed by atoms with Gasteiger partial charge in [0, 0.05) is 12.7 Å². The first-order valence-corrected chi connectivity index (χ1v) is 7.13. The molecule has 1 aromatic heterocycles. The fourth-order valence-electron chi connectivity index (χ4n) is 1.83. The molecule has 0 unspecified atom stereocenters. The number of hydrogen-bond donors (Lipinski definition) is 2. The highest BCUT2D eigenvalue weighted by molar-refractivity contribution is 5.84. The van der Waals surface area contributed by atoms with Gasteiger partial charge in [-0.3, -0.25) is 10.1 Å². The van der Waals surface area contributed by atoms with E-state index in [4.69, 9.17) is 14.3 Å². The van der Waals surface area contributed by atoms with Crippen LogP contribution < -0.4 is 10.1 Å². The van der Waals surface area contributed by atoms with Gasteiger partial charge < -0.3 is 19.2 Å². The second kappa shape index (κ2) is 7.76. The van der Waals surface area contributed by atoms with E-state index in [0.29, 0.717) is 0 Å². The van der Waals surface area contributed by atoms with Crippen molar-refractivity contribution >= 4 is 17.6 Å². The summed E-state index contributed by atoms with van der Waals surface area (Å²) in [5, 5.41) is 10.1. The Morgan fingerprint density at radius 2 is 1.96 bits per heavy atom. The molecule has 0 atom stereocenters. The van der Waals surface area contributed by atoms with E-state index in [1.807, 2.05) is 0 Å². The Balaban J connectivity index is 1.84. The molecule has 1 aromatic carbocycles. The maximum atomic E-state index is 12.2. The van der Waals surface area contributed by atoms with Gasteiger partial charge in [-0.15, -0.1) is 0 Å². The summed E-state index contributed by atoms with van der Waals surface area (Å²) in [7, 11) is 1.44. The number of likely N-dealkylation sites (N-methyl/N-ethyl adjacent to an activating group) is 1. The van der Waals surface area contributed by atoms with E-state index < -0.39 is 18.2 Å². The number of carboxylic acid groups (broad SMARTS) is 1. The van der Waals surface area contributed by atoms with Crippen LogP contribution in [0.4, 0.5) is 18.9 Å². The number of ether oxygens (including phenoxy) is 1. The predicted molar refractivity (Wildman–Crippen MR) is 81.6 cm³/mol. The molecular weight excluding hydrogens is 359 g/mol. The largest absolute Gasteiger partial charge is 0.484 e. The number of carbonyl (C=O) groups is 2. The molecule has 11 heteroatoms. The molecule has 2 rings (SSSR count). The summed E-state index contributed by atoms with van der Waals surface area (Å²) in [6.45, 7) is -0.432. The molecule has 2 aromatic rings. The van der Waals surface area contributed by atoms with Gasteiger partial charge in [0.05, 0.1) is 6.54 Å². The van der Waals surface area contributed by atoms with Gasteiger partial charge in [0.1, 0.15) is 12.0 Å². The summed E-state index contributed by atoms with van der Waals surface area (Å²) in [5.41, 5.74) is -0.434. The van der Waals surface area contributed by atoms with Crippen LogP contribution in [-0.4, -0.2) is 46.8 Å². The Kier molecular flexibility index (Phi) is 5.70. The molecular formula is C15H14F3N3O5. The number of amides is 1. The van der Waals surface area contributed by atoms with Gasteiger partial charge in [-0.2, -0.15) is 13.2 Å². The van der Waals surface area contributed by atoms with Gasteiger partial charge in [0.2, 0.25) is 5.89 Å². The van der Waals surface area contributed by atoms with E-state index in [0.717, 1.165) is 18.4 Å². The van der Waals surface area contributed by atoms with Gasteiger partial charge in [-0.05, 0) is 24.3 Å². The average Bonchev–Trinajstić information content (AvgIpc) is 3.01. The summed E-state index contributed by atoms with van der Waals surface area (Å²) < 4.78 is 46.7. The zero-order valence-corrected chi connectivity index (χ0v) is 13.4. The van der Waals surface area contributed by atoms with Crippen LogP contribution in [0.5, 0.6) is 5.75 Å². The van der Waals surface area contributed by atoms with Crippen molar-refractivity contribution in [3.05, 3.63) is 42.1 Å². The summed E-state index contributed by atoms with van der Waals surface area (Å²) >= 11 is 0. The van der Waals surface area contributed by atoms with E-state index >= 15 is 0 Å². The first-order chi connectivity index (χ1) is 12.1. The zero-order valence-electron chi connectivity index (χ0n) is 13.4. The van der Waals surface area contributed by atoms with Gasteiger partial charge in [-0.25, -0.2) is 9.78 Å². The second-order valence-electron chi connectivity index (χ2n) is 5.12. The minimum Gasteiger partial charge on any atom is -0.484 e. The van der Waals surface area contributed by atoms with Crippen LogP contribution in [0.1, 0.15) is 16.4 Å². The molecule has 0 radical (unpaired) electrons. The minimum atomic E-state index is -4.54. The number of halogens is 3. The SMILES string of the molecule is CN(Cc1nc(C(=O)O)co1)C(=O)COc1ccc(NC(F)(F)F)cc1. The van der Waals surface area contributed by atoms with Crippen LogP contribution in [0, 0.1) is 0 Å². The topological polar surface area (TPSA) is 105 Å². The molecule has 0 aliphatic carbocycles. The van der Waals surface area contributed by atoms with Crippen molar-refractivity contribution in [3.8, 4) is 5.75 Å². The van der Waals surface area contributed by atoms with E-state index in [2.05, 4.69) is 4.98 Å². The first-order valence-electron chi connectivity index (χ1n) is 7.13. The normalized spacial score (nSPS) is 11.1. The predicted octanol–water partition coefficient (Wildman–Crippen LogP) is 2.34. The summed E-state index contributed by atoms with van der Waals surface area (Å²) in [6.07, 6.45) is -3.58. The number of carbonyl (C=O) groups excluding carboxylic acids is 1. The number of benzene rings is 1. The number of alkyl halides is 3. The fraction of sp³-hybridized carbons (Fsp3) is 0.267. The molecule has 140 valence electrons. The van der Waals surface area contributed by atoms with Crippen LogP contribution in [0.2, 0.25) is 0 Å². The lowest BCUT2D eigenvalue weighted by atomic mass is 10.3. The Hall–Kier alpha value is -3.24. The molecule has 8 nitrogen and oxygen atoms in total. The highest BCUT2D eigenvalue weighted by Gasteiger charge is 2.26. The molecule has 1 amide bonds. The molecule has 26 heavy (non-hydrogen) atoms. The molecule has 0 saturated carbocycles. The monoisotopic (exact) mass is 373 g/mol. The Morgan fingerprint density at radius 3 is 2.50 bits per heavy atom. The van der Waals surface area contributed by atoms with Crippen LogP contribution in [0.15, 0.2) is 34.9 Å². The highest BCUT2D eigenvalue weighted by Crippen LogP contribution is 2.22. The third kappa shape index (κ3) is 5.69. The summed E-state index contributed by atoms with van der Waals surface area (Å²) in [4.78, 5) is 27.6. The lowest BCUT2D eigenvalue weighted by Gasteiger charge is -2.16. The Bertz CT molecular complexity index is 774. The van der Waals surface area contributed by atoms with E-state index in [1.54, 1.807) is 0 Å². The number of nitrogens with zero attached hydrogens (tertiary/aromatic N) is 2. The third-order valence-electron chi connectivity index (χ3n) is 3.07. The number of carboxylic acids is 1. The van der Waals surface area contributed by atoms with Crippen molar-refractivity contribution in [2.24, 2.45) is 0 Å². The summed E-state index contributed by atoms with van der Waals surface area (Å²) in [6, 6.07) is 4.90. The smallest absolute Gasteiger partial charge is 0.482 e. The van der Waals surface area contributed by atoms with Crippen molar-refractivity contribution in [2.45, 2.75) is 12.8 Å². The van der Waals surface area contributed by atoms with Gasteiger partial charge in [-0.1, -0.05) is 0 Å². The van der Waals surface area contributed by atoms with E-state index in [1.165, 1.54) is 29.4 Å². The molecule has 0 saturated heterocycles. The lowest BCUT2D eigenvalue weighted by molar-refractivity contribution is -0.132. The van der Waals surface area contributed by atoms with Crippen LogP contribution in [0.25, 0.3) is 0 Å². The van der Waals surface area contributed by atoms with Crippen LogP contribution in [0.3, 0.4) is 0 Å². The van der Waals surface area contributed by atoms with E-state index in [-0.39, 0.29) is 36.2 Å². The molecule has 2 N–H and O–H groups in total. The van der Waals surface area contributed by atoms with Crippen molar-refractivity contribution in [2.75, 3.05) is 19.0 Å². The number of aromatic carboxylic acids is 1. The number of nitrogens with one attached hydrogen (secondary N) is 1. The number of anilines is 1. The molecule has 0 aliphatic rings. The Morgan fingerprint density at radius 1 is 1.31 bits per heavy atom. The number of rotatable bonds is 7. The minimum absolute atomic E-state index is 0.0424. The molecule has 0 aliphatic heterocycles. The van der Waals surface area contributed by atoms with Crippen LogP contribution >= 0.6 is 0 Å². The van der Waals surface area contributed by atoms with Crippen LogP contribution in [-0.2, 0) is 11.3 Å². The Labute approximate surface area is 145 Å². The highest BCUT2D eigenvalue weighted by atomic mass is 19.4. The van der Waals surface area contributed by atoms with E-state index in [9.17, 15) is 22.8 Å². The maximum absolute atomic E-state index is 12.2. The van der Waals surface area contributed by atoms with Crippen molar-refractivity contribution < 1.29 is 37.0 Å². The van der Waals surface area contributed by atoms with Gasteiger partial charge in [0.15, 0.2) is 12.3 Å². The van der Waals surface area contributed by atoms with Crippen molar-refractivity contribution in [3.63, 3.8) is 0 Å². The third-order valence-corrected chi connectivity index (χ3v) is 3.07. The maximum Gasteiger partial charge on any atom is 0.482 e.